The number of hydrogen-bond donors (Lipinski definition) is 1. The first kappa shape index (κ1) is 21.6. The Kier molecular flexibility index (Phi) is 8.45. The largest absolute Gasteiger partial charge is 1.00 e. The summed E-state index contributed by atoms with van der Waals surface area (Å²) in [5.74, 6) is -3.62. The molecule has 1 N–H and O–H groups in total. The molecule has 0 spiro atoms. The molecule has 1 aromatic rings. The third-order valence-electron chi connectivity index (χ3n) is 2.15. The van der Waals surface area contributed by atoms with Crippen molar-refractivity contribution in [1.29, 1.82) is 0 Å². The van der Waals surface area contributed by atoms with E-state index >= 15 is 0 Å². The molecule has 10 heteroatoms. The van der Waals surface area contributed by atoms with Gasteiger partial charge in [-0.15, -0.1) is 13.2 Å². The summed E-state index contributed by atoms with van der Waals surface area (Å²) in [5, 5.41) is 9.73. The Morgan fingerprint density at radius 2 is 1.96 bits per heavy atom. The number of esters is 1. The smallest absolute Gasteiger partial charge is 1.00 e. The Labute approximate surface area is 151 Å². The predicted molar refractivity (Wildman–Crippen MR) is 74.2 cm³/mol. The van der Waals surface area contributed by atoms with Gasteiger partial charge in [-0.2, -0.15) is 0 Å². The molecule has 122 valence electrons. The summed E-state index contributed by atoms with van der Waals surface area (Å²) in [5.41, 5.74) is -0.147. The van der Waals surface area contributed by atoms with E-state index in [0.717, 1.165) is 12.1 Å². The SMILES string of the molecule is CCOC(=O)C(=O)C=C(O)c1cc(Br)cc(OC(F)(F)F)c1.[H-].[Li+]. The summed E-state index contributed by atoms with van der Waals surface area (Å²) >= 11 is 2.95. The number of alkyl halides is 3. The second-order valence-electron chi connectivity index (χ2n) is 3.84. The van der Waals surface area contributed by atoms with Gasteiger partial charge in [-0.1, -0.05) is 15.9 Å². The summed E-state index contributed by atoms with van der Waals surface area (Å²) in [6.45, 7) is 1.46. The zero-order valence-corrected chi connectivity index (χ0v) is 13.7. The van der Waals surface area contributed by atoms with Crippen LogP contribution in [-0.2, 0) is 14.3 Å². The molecule has 0 amide bonds. The number of ether oxygens (including phenoxy) is 2. The van der Waals surface area contributed by atoms with Crippen LogP contribution in [0, 0.1) is 0 Å². The summed E-state index contributed by atoms with van der Waals surface area (Å²) in [7, 11) is 0. The van der Waals surface area contributed by atoms with Gasteiger partial charge in [0.2, 0.25) is 0 Å². The van der Waals surface area contributed by atoms with Crippen LogP contribution < -0.4 is 23.6 Å². The topological polar surface area (TPSA) is 72.8 Å². The van der Waals surface area contributed by atoms with Crippen LogP contribution >= 0.6 is 15.9 Å². The van der Waals surface area contributed by atoms with Crippen LogP contribution in [0.25, 0.3) is 5.76 Å². The van der Waals surface area contributed by atoms with Crippen molar-refractivity contribution in [2.24, 2.45) is 0 Å². The molecule has 0 saturated heterocycles. The Bertz CT molecular complexity index is 622. The summed E-state index contributed by atoms with van der Waals surface area (Å²) in [6, 6.07) is 3.13. The van der Waals surface area contributed by atoms with Gasteiger partial charge in [0.25, 0.3) is 5.78 Å². The van der Waals surface area contributed by atoms with Crippen molar-refractivity contribution in [3.63, 3.8) is 0 Å². The molecule has 5 nitrogen and oxygen atoms in total. The maximum atomic E-state index is 12.2. The summed E-state index contributed by atoms with van der Waals surface area (Å²) in [4.78, 5) is 22.5. The zero-order valence-electron chi connectivity index (χ0n) is 13.1. The van der Waals surface area contributed by atoms with Gasteiger partial charge in [0.1, 0.15) is 11.5 Å². The minimum atomic E-state index is -4.90. The molecule has 0 radical (unpaired) electrons. The summed E-state index contributed by atoms with van der Waals surface area (Å²) < 4.78 is 44.9. The third-order valence-corrected chi connectivity index (χ3v) is 2.60. The van der Waals surface area contributed by atoms with Gasteiger partial charge < -0.3 is 16.0 Å². The molecule has 1 rings (SSSR count). The van der Waals surface area contributed by atoms with Crippen molar-refractivity contribution in [2.75, 3.05) is 6.61 Å². The van der Waals surface area contributed by atoms with E-state index in [1.54, 1.807) is 0 Å². The molecule has 0 aliphatic rings. The molecule has 0 bridgehead atoms. The summed E-state index contributed by atoms with van der Waals surface area (Å²) in [6.07, 6.45) is -4.35. The quantitative estimate of drug-likeness (QED) is 0.260. The number of hydrogen-bond acceptors (Lipinski definition) is 5. The van der Waals surface area contributed by atoms with Crippen molar-refractivity contribution in [3.8, 4) is 5.75 Å². The van der Waals surface area contributed by atoms with E-state index in [9.17, 15) is 27.9 Å². The van der Waals surface area contributed by atoms with Gasteiger partial charge in [0, 0.05) is 16.1 Å². The Morgan fingerprint density at radius 3 is 2.48 bits per heavy atom. The second-order valence-corrected chi connectivity index (χ2v) is 4.75. The number of carbonyl (C=O) groups is 2. The molecule has 0 aromatic heterocycles. The van der Waals surface area contributed by atoms with Crippen molar-refractivity contribution in [2.45, 2.75) is 13.3 Å². The molecule has 0 aliphatic heterocycles. The van der Waals surface area contributed by atoms with Crippen LogP contribution in [0.15, 0.2) is 28.7 Å². The second kappa shape index (κ2) is 9.01. The van der Waals surface area contributed by atoms with Crippen molar-refractivity contribution in [1.82, 2.24) is 0 Å². The molecular formula is C13H11BrF3LiO5. The maximum Gasteiger partial charge on any atom is 1.00 e. The average Bonchev–Trinajstić information content (AvgIpc) is 2.35. The minimum Gasteiger partial charge on any atom is -1.00 e. The third kappa shape index (κ3) is 7.59. The number of aliphatic hydroxyl groups is 1. The molecule has 0 aliphatic carbocycles. The fourth-order valence-electron chi connectivity index (χ4n) is 1.37. The van der Waals surface area contributed by atoms with E-state index in [0.29, 0.717) is 6.08 Å². The standard InChI is InChI=1S/C13H10BrF3O5.Li.H/c1-2-21-12(20)11(19)6-10(18)7-3-8(14)5-9(4-7)22-13(15,16)17;;/h3-6,18H,2H2,1H3;;/q;+1;-1. The van der Waals surface area contributed by atoms with Gasteiger partial charge in [-0.3, -0.25) is 4.79 Å². The van der Waals surface area contributed by atoms with Crippen LogP contribution in [0.3, 0.4) is 0 Å². The van der Waals surface area contributed by atoms with Crippen LogP contribution in [0.5, 0.6) is 5.75 Å². The number of rotatable bonds is 5. The first-order valence-electron chi connectivity index (χ1n) is 5.81. The maximum absolute atomic E-state index is 12.2. The predicted octanol–water partition coefficient (Wildman–Crippen LogP) is 0.495. The van der Waals surface area contributed by atoms with E-state index in [1.807, 2.05) is 0 Å². The molecule has 0 saturated carbocycles. The van der Waals surface area contributed by atoms with E-state index in [4.69, 9.17) is 0 Å². The van der Waals surface area contributed by atoms with Crippen molar-refractivity contribution in [3.05, 3.63) is 34.3 Å². The monoisotopic (exact) mass is 390 g/mol. The molecule has 0 unspecified atom stereocenters. The first-order valence-corrected chi connectivity index (χ1v) is 6.60. The normalized spacial score (nSPS) is 11.4. The van der Waals surface area contributed by atoms with Crippen LogP contribution in [-0.4, -0.2) is 29.8 Å². The van der Waals surface area contributed by atoms with E-state index in [-0.39, 0.29) is 36.9 Å². The number of carbonyl (C=O) groups excluding carboxylic acids is 2. The first-order chi connectivity index (χ1) is 10.1. The van der Waals surface area contributed by atoms with Crippen LogP contribution in [0.2, 0.25) is 0 Å². The van der Waals surface area contributed by atoms with Gasteiger partial charge >= 0.3 is 31.2 Å². The fourth-order valence-corrected chi connectivity index (χ4v) is 1.84. The molecule has 0 heterocycles. The van der Waals surface area contributed by atoms with Gasteiger partial charge in [0.15, 0.2) is 0 Å². The van der Waals surface area contributed by atoms with E-state index in [1.165, 1.54) is 13.0 Å². The molecule has 1 aromatic carbocycles. The number of halogens is 4. The number of aliphatic hydroxyl groups excluding tert-OH is 1. The van der Waals surface area contributed by atoms with Crippen LogP contribution in [0.1, 0.15) is 13.9 Å². The molecule has 23 heavy (non-hydrogen) atoms. The van der Waals surface area contributed by atoms with Gasteiger partial charge in [-0.05, 0) is 25.1 Å². The molecule has 0 fully saturated rings. The number of ketones is 1. The average molecular weight is 391 g/mol. The Balaban J connectivity index is 0. The van der Waals surface area contributed by atoms with E-state index in [2.05, 4.69) is 25.4 Å². The number of benzene rings is 1. The zero-order chi connectivity index (χ0) is 16.9. The van der Waals surface area contributed by atoms with Crippen molar-refractivity contribution >= 4 is 33.4 Å². The van der Waals surface area contributed by atoms with Gasteiger partial charge in [-0.25, -0.2) is 4.79 Å². The van der Waals surface area contributed by atoms with Crippen LogP contribution in [0.4, 0.5) is 13.2 Å². The Morgan fingerprint density at radius 1 is 1.35 bits per heavy atom. The van der Waals surface area contributed by atoms with E-state index < -0.39 is 29.6 Å². The fraction of sp³-hybridized carbons (Fsp3) is 0.231. The minimum absolute atomic E-state index is 0. The molecule has 0 atom stereocenters. The Hall–Kier alpha value is -1.43. The van der Waals surface area contributed by atoms with Gasteiger partial charge in [0.05, 0.1) is 6.61 Å². The molecular weight excluding hydrogens is 380 g/mol. The van der Waals surface area contributed by atoms with Crippen molar-refractivity contribution < 1.29 is 57.6 Å².